The minimum absolute atomic E-state index is 0.0693. The monoisotopic (exact) mass is 297 g/mol. The molecule has 0 atom stereocenters. The molecule has 0 saturated heterocycles. The molecule has 0 aliphatic rings. The Bertz CT molecular complexity index is 568. The van der Waals surface area contributed by atoms with Crippen LogP contribution in [0.1, 0.15) is 31.9 Å². The highest BCUT2D eigenvalue weighted by Gasteiger charge is 2.15. The molecule has 1 aromatic carbocycles. The summed E-state index contributed by atoms with van der Waals surface area (Å²) in [6, 6.07) is 2.79. The molecule has 20 heavy (non-hydrogen) atoms. The van der Waals surface area contributed by atoms with Crippen LogP contribution in [0.15, 0.2) is 12.1 Å². The van der Waals surface area contributed by atoms with E-state index in [0.29, 0.717) is 10.6 Å². The summed E-state index contributed by atoms with van der Waals surface area (Å²) in [5, 5.41) is 2.92. The van der Waals surface area contributed by atoms with Gasteiger partial charge in [-0.05, 0) is 45.4 Å². The Kier molecular flexibility index (Phi) is 5.41. The molecule has 0 heterocycles. The first-order valence-electron chi connectivity index (χ1n) is 6.10. The predicted octanol–water partition coefficient (Wildman–Crippen LogP) is 3.66. The van der Waals surface area contributed by atoms with Crippen molar-refractivity contribution in [3.05, 3.63) is 34.1 Å². The lowest BCUT2D eigenvalue weighted by atomic mass is 10.1. The zero-order chi connectivity index (χ0) is 15.3. The van der Waals surface area contributed by atoms with Crippen LogP contribution in [-0.4, -0.2) is 18.2 Å². The number of rotatable bonds is 1. The minimum atomic E-state index is -0.561. The molecular weight excluding hydrogens is 281 g/mol. The second kappa shape index (κ2) is 6.62. The van der Waals surface area contributed by atoms with Crippen molar-refractivity contribution in [2.24, 2.45) is 0 Å². The fraction of sp³-hybridized carbons (Fsp3) is 0.400. The van der Waals surface area contributed by atoms with Gasteiger partial charge in [0.25, 0.3) is 0 Å². The van der Waals surface area contributed by atoms with E-state index in [0.717, 1.165) is 0 Å². The third kappa shape index (κ3) is 5.50. The van der Waals surface area contributed by atoms with Crippen LogP contribution >= 0.6 is 11.6 Å². The summed E-state index contributed by atoms with van der Waals surface area (Å²) >= 11 is 5.90. The normalized spacial score (nSPS) is 10.5. The van der Waals surface area contributed by atoms with Gasteiger partial charge in [0.1, 0.15) is 11.4 Å². The maximum atomic E-state index is 13.6. The number of ether oxygens (including phenoxy) is 1. The molecule has 0 saturated carbocycles. The lowest BCUT2D eigenvalue weighted by molar-refractivity contribution is 0.0535. The van der Waals surface area contributed by atoms with E-state index in [2.05, 4.69) is 17.2 Å². The molecule has 1 aromatic rings. The van der Waals surface area contributed by atoms with Gasteiger partial charge in [-0.15, -0.1) is 0 Å². The lowest BCUT2D eigenvalue weighted by Gasteiger charge is -2.19. The number of nitrogens with one attached hydrogen (secondary N) is 1. The van der Waals surface area contributed by atoms with E-state index in [4.69, 9.17) is 16.3 Å². The number of alkyl carbamates (subject to hydrolysis) is 1. The Labute approximate surface area is 123 Å². The molecule has 0 aromatic heterocycles. The molecule has 0 fully saturated rings. The lowest BCUT2D eigenvalue weighted by Crippen LogP contribution is -2.32. The van der Waals surface area contributed by atoms with Crippen molar-refractivity contribution in [1.82, 2.24) is 5.32 Å². The van der Waals surface area contributed by atoms with Crippen molar-refractivity contribution in [1.29, 1.82) is 0 Å². The van der Waals surface area contributed by atoms with Crippen LogP contribution in [-0.2, 0) is 4.74 Å². The van der Waals surface area contributed by atoms with Crippen LogP contribution in [0, 0.1) is 24.6 Å². The number of aryl methyl sites for hydroxylation is 1. The van der Waals surface area contributed by atoms with Gasteiger partial charge in [-0.3, -0.25) is 0 Å². The molecule has 1 amide bonds. The number of carbonyl (C=O) groups excluding carboxylic acids is 1. The van der Waals surface area contributed by atoms with Gasteiger partial charge < -0.3 is 10.1 Å². The summed E-state index contributed by atoms with van der Waals surface area (Å²) < 4.78 is 18.6. The van der Waals surface area contributed by atoms with Gasteiger partial charge in [0, 0.05) is 5.02 Å². The highest BCUT2D eigenvalue weighted by atomic mass is 35.5. The molecule has 5 heteroatoms. The Balaban J connectivity index is 2.60. The van der Waals surface area contributed by atoms with Crippen molar-refractivity contribution in [2.75, 3.05) is 6.54 Å². The smallest absolute Gasteiger partial charge is 0.408 e. The number of benzene rings is 1. The second-order valence-corrected chi connectivity index (χ2v) is 5.65. The van der Waals surface area contributed by atoms with Crippen molar-refractivity contribution < 1.29 is 13.9 Å². The van der Waals surface area contributed by atoms with Crippen molar-refractivity contribution >= 4 is 17.7 Å². The third-order valence-corrected chi connectivity index (χ3v) is 2.60. The van der Waals surface area contributed by atoms with Crippen molar-refractivity contribution in [3.63, 3.8) is 0 Å². The van der Waals surface area contributed by atoms with Crippen LogP contribution in [0.3, 0.4) is 0 Å². The van der Waals surface area contributed by atoms with Gasteiger partial charge in [-0.25, -0.2) is 9.18 Å². The Morgan fingerprint density at radius 3 is 2.70 bits per heavy atom. The van der Waals surface area contributed by atoms with Crippen molar-refractivity contribution in [2.45, 2.75) is 33.3 Å². The maximum Gasteiger partial charge on any atom is 0.408 e. The minimum Gasteiger partial charge on any atom is -0.444 e. The number of hydrogen-bond acceptors (Lipinski definition) is 2. The van der Waals surface area contributed by atoms with Gasteiger partial charge in [0.15, 0.2) is 0 Å². The Hall–Kier alpha value is -1.73. The first kappa shape index (κ1) is 16.3. The molecule has 108 valence electrons. The highest BCUT2D eigenvalue weighted by molar-refractivity contribution is 6.31. The van der Waals surface area contributed by atoms with Crippen LogP contribution in [0.4, 0.5) is 9.18 Å². The number of hydrogen-bond donors (Lipinski definition) is 1. The molecular formula is C15H17ClFNO2. The van der Waals surface area contributed by atoms with E-state index >= 15 is 0 Å². The van der Waals surface area contributed by atoms with Gasteiger partial charge in [0.2, 0.25) is 0 Å². The van der Waals surface area contributed by atoms with Gasteiger partial charge in [0.05, 0.1) is 12.1 Å². The first-order valence-corrected chi connectivity index (χ1v) is 6.48. The molecule has 0 bridgehead atoms. The summed E-state index contributed by atoms with van der Waals surface area (Å²) in [5.41, 5.74) is 0.293. The van der Waals surface area contributed by atoms with Gasteiger partial charge in [-0.2, -0.15) is 0 Å². The number of amides is 1. The molecule has 0 aliphatic heterocycles. The van der Waals surface area contributed by atoms with Crippen LogP contribution in [0.2, 0.25) is 5.02 Å². The predicted molar refractivity (Wildman–Crippen MR) is 77.3 cm³/mol. The van der Waals surface area contributed by atoms with E-state index < -0.39 is 17.5 Å². The molecule has 0 aliphatic carbocycles. The quantitative estimate of drug-likeness (QED) is 0.803. The third-order valence-electron chi connectivity index (χ3n) is 2.19. The fourth-order valence-corrected chi connectivity index (χ4v) is 1.48. The summed E-state index contributed by atoms with van der Waals surface area (Å²) in [6.07, 6.45) is -0.561. The number of halogens is 2. The summed E-state index contributed by atoms with van der Waals surface area (Å²) in [6.45, 7) is 7.08. The summed E-state index contributed by atoms with van der Waals surface area (Å²) in [5.74, 6) is 4.83. The van der Waals surface area contributed by atoms with Crippen LogP contribution < -0.4 is 5.32 Å². The average molecular weight is 298 g/mol. The van der Waals surface area contributed by atoms with Gasteiger partial charge in [-0.1, -0.05) is 23.4 Å². The number of carbonyl (C=O) groups is 1. The SMILES string of the molecule is Cc1cc(F)c(C#CCNC(=O)OC(C)(C)C)cc1Cl. The second-order valence-electron chi connectivity index (χ2n) is 5.24. The van der Waals surface area contributed by atoms with Gasteiger partial charge >= 0.3 is 6.09 Å². The standard InChI is InChI=1S/C15H17ClFNO2/c1-10-8-13(17)11(9-12(10)16)6-5-7-18-14(19)20-15(2,3)4/h8-9H,7H2,1-4H3,(H,18,19). The molecule has 0 spiro atoms. The van der Waals surface area contributed by atoms with E-state index in [9.17, 15) is 9.18 Å². The molecule has 1 rings (SSSR count). The largest absolute Gasteiger partial charge is 0.444 e. The fourth-order valence-electron chi connectivity index (χ4n) is 1.31. The zero-order valence-electron chi connectivity index (χ0n) is 11.9. The topological polar surface area (TPSA) is 38.3 Å². The van der Waals surface area contributed by atoms with E-state index in [1.54, 1.807) is 27.7 Å². The first-order chi connectivity index (χ1) is 9.19. The molecule has 0 radical (unpaired) electrons. The summed E-state index contributed by atoms with van der Waals surface area (Å²) in [4.78, 5) is 11.3. The van der Waals surface area contributed by atoms with Crippen molar-refractivity contribution in [3.8, 4) is 11.8 Å². The summed E-state index contributed by atoms with van der Waals surface area (Å²) in [7, 11) is 0. The maximum absolute atomic E-state index is 13.6. The van der Waals surface area contributed by atoms with E-state index in [-0.39, 0.29) is 12.1 Å². The molecule has 1 N–H and O–H groups in total. The van der Waals surface area contributed by atoms with Crippen LogP contribution in [0.5, 0.6) is 0 Å². The molecule has 3 nitrogen and oxygen atoms in total. The zero-order valence-corrected chi connectivity index (χ0v) is 12.7. The van der Waals surface area contributed by atoms with E-state index in [1.807, 2.05) is 0 Å². The average Bonchev–Trinajstić information content (AvgIpc) is 2.28. The Morgan fingerprint density at radius 2 is 2.10 bits per heavy atom. The molecule has 0 unspecified atom stereocenters. The highest BCUT2D eigenvalue weighted by Crippen LogP contribution is 2.19. The Morgan fingerprint density at radius 1 is 1.45 bits per heavy atom. The van der Waals surface area contributed by atoms with Crippen LogP contribution in [0.25, 0.3) is 0 Å². The van der Waals surface area contributed by atoms with E-state index in [1.165, 1.54) is 12.1 Å².